The minimum atomic E-state index is -0.288. The number of anilines is 1. The van der Waals surface area contributed by atoms with Gasteiger partial charge in [0.2, 0.25) is 0 Å². The van der Waals surface area contributed by atoms with E-state index in [1.54, 1.807) is 0 Å². The van der Waals surface area contributed by atoms with Crippen LogP contribution >= 0.6 is 11.6 Å². The third kappa shape index (κ3) is 4.25. The fourth-order valence-corrected chi connectivity index (χ4v) is 5.29. The summed E-state index contributed by atoms with van der Waals surface area (Å²) in [4.78, 5) is 16.7. The Labute approximate surface area is 194 Å². The predicted molar refractivity (Wildman–Crippen MR) is 129 cm³/mol. The predicted octanol–water partition coefficient (Wildman–Crippen LogP) is 5.36. The number of likely N-dealkylation sites (tertiary alicyclic amines) is 1. The fourth-order valence-electron chi connectivity index (χ4n) is 5.17. The highest BCUT2D eigenvalue weighted by Crippen LogP contribution is 2.35. The average Bonchev–Trinajstić information content (AvgIpc) is 3.38. The topological polar surface area (TPSA) is 32.8 Å². The maximum atomic E-state index is 11.7. The molecule has 0 unspecified atom stereocenters. The number of rotatable bonds is 5. The number of nitrogens with zero attached hydrogens (tertiary/aromatic N) is 2. The van der Waals surface area contributed by atoms with E-state index < -0.39 is 0 Å². The molecule has 2 fully saturated rings. The second kappa shape index (κ2) is 8.97. The Hall–Kier alpha value is -2.82. The van der Waals surface area contributed by atoms with Crippen LogP contribution in [0.25, 0.3) is 11.1 Å². The summed E-state index contributed by atoms with van der Waals surface area (Å²) in [5.74, 6) is 1.07. The van der Waals surface area contributed by atoms with Gasteiger partial charge >= 0.3 is 5.97 Å². The summed E-state index contributed by atoms with van der Waals surface area (Å²) in [6.45, 7) is 5.35. The lowest BCUT2D eigenvalue weighted by molar-refractivity contribution is 0.0601. The molecule has 2 aliphatic rings. The van der Waals surface area contributed by atoms with E-state index in [1.165, 1.54) is 29.5 Å². The molecule has 0 spiro atoms. The van der Waals surface area contributed by atoms with Crippen molar-refractivity contribution in [1.29, 1.82) is 0 Å². The summed E-state index contributed by atoms with van der Waals surface area (Å²) >= 11 is 6.08. The van der Waals surface area contributed by atoms with Crippen LogP contribution in [0.3, 0.4) is 0 Å². The first kappa shape index (κ1) is 21.0. The van der Waals surface area contributed by atoms with Crippen molar-refractivity contribution in [1.82, 2.24) is 4.90 Å². The van der Waals surface area contributed by atoms with Crippen molar-refractivity contribution in [3.05, 3.63) is 88.9 Å². The van der Waals surface area contributed by atoms with Crippen molar-refractivity contribution in [2.24, 2.45) is 11.8 Å². The van der Waals surface area contributed by atoms with Gasteiger partial charge in [0.15, 0.2) is 0 Å². The number of carbonyl (C=O) groups is 1. The normalized spacial score (nSPS) is 20.4. The molecule has 2 aliphatic heterocycles. The van der Waals surface area contributed by atoms with Gasteiger partial charge in [-0.25, -0.2) is 4.79 Å². The average molecular weight is 447 g/mol. The Bertz CT molecular complexity index is 1080. The number of benzene rings is 3. The van der Waals surface area contributed by atoms with E-state index in [1.807, 2.05) is 36.4 Å². The maximum Gasteiger partial charge on any atom is 0.337 e. The summed E-state index contributed by atoms with van der Waals surface area (Å²) in [5, 5.41) is 0.767. The molecule has 3 aromatic carbocycles. The lowest BCUT2D eigenvalue weighted by Crippen LogP contribution is -2.28. The van der Waals surface area contributed by atoms with Crippen LogP contribution in [0.2, 0.25) is 5.02 Å². The van der Waals surface area contributed by atoms with E-state index in [0.29, 0.717) is 17.4 Å². The quantitative estimate of drug-likeness (QED) is 0.494. The first-order valence-electron chi connectivity index (χ1n) is 11.1. The second-order valence-corrected chi connectivity index (χ2v) is 9.26. The van der Waals surface area contributed by atoms with Crippen LogP contribution in [0.15, 0.2) is 72.8 Å². The molecule has 0 aromatic heterocycles. The maximum absolute atomic E-state index is 11.7. The van der Waals surface area contributed by atoms with Gasteiger partial charge in [-0.3, -0.25) is 4.90 Å². The third-order valence-electron chi connectivity index (χ3n) is 6.78. The molecule has 32 heavy (non-hydrogen) atoms. The van der Waals surface area contributed by atoms with E-state index in [-0.39, 0.29) is 5.97 Å². The lowest BCUT2D eigenvalue weighted by Gasteiger charge is -2.24. The molecule has 5 heteroatoms. The van der Waals surface area contributed by atoms with Gasteiger partial charge in [-0.1, -0.05) is 48.0 Å². The summed E-state index contributed by atoms with van der Waals surface area (Å²) in [7, 11) is 1.41. The monoisotopic (exact) mass is 446 g/mol. The molecule has 0 radical (unpaired) electrons. The van der Waals surface area contributed by atoms with Crippen molar-refractivity contribution in [2.45, 2.75) is 6.54 Å². The van der Waals surface area contributed by atoms with Gasteiger partial charge in [-0.2, -0.15) is 0 Å². The SMILES string of the molecule is COC(=O)c1ccc(N2C[C@H]3CN(Cc4ccccc4-c4ccc(Cl)cc4)C[C@H]3C2)cc1. The van der Waals surface area contributed by atoms with E-state index in [0.717, 1.165) is 37.7 Å². The molecular weight excluding hydrogens is 420 g/mol. The molecule has 0 bridgehead atoms. The van der Waals surface area contributed by atoms with Crippen LogP contribution in [0.1, 0.15) is 15.9 Å². The Morgan fingerprint density at radius 3 is 2.22 bits per heavy atom. The van der Waals surface area contributed by atoms with Crippen LogP contribution < -0.4 is 4.90 Å². The highest BCUT2D eigenvalue weighted by Gasteiger charge is 2.40. The van der Waals surface area contributed by atoms with E-state index in [2.05, 4.69) is 46.2 Å². The Balaban J connectivity index is 1.23. The molecule has 5 rings (SSSR count). The fraction of sp³-hybridized carbons (Fsp3) is 0.296. The number of halogens is 1. The van der Waals surface area contributed by atoms with Crippen molar-refractivity contribution in [2.75, 3.05) is 38.2 Å². The highest BCUT2D eigenvalue weighted by molar-refractivity contribution is 6.30. The zero-order valence-corrected chi connectivity index (χ0v) is 19.0. The van der Waals surface area contributed by atoms with Crippen LogP contribution in [-0.4, -0.2) is 44.2 Å². The molecule has 0 amide bonds. The van der Waals surface area contributed by atoms with Crippen molar-refractivity contribution >= 4 is 23.3 Å². The number of ether oxygens (including phenoxy) is 1. The van der Waals surface area contributed by atoms with Gasteiger partial charge in [0.05, 0.1) is 12.7 Å². The molecule has 164 valence electrons. The van der Waals surface area contributed by atoms with Gasteiger partial charge in [0, 0.05) is 43.4 Å². The van der Waals surface area contributed by atoms with Crippen LogP contribution in [-0.2, 0) is 11.3 Å². The van der Waals surface area contributed by atoms with Crippen molar-refractivity contribution in [3.8, 4) is 11.1 Å². The van der Waals surface area contributed by atoms with E-state index in [9.17, 15) is 4.79 Å². The molecule has 3 aromatic rings. The highest BCUT2D eigenvalue weighted by atomic mass is 35.5. The van der Waals surface area contributed by atoms with Crippen LogP contribution in [0.5, 0.6) is 0 Å². The number of hydrogen-bond acceptors (Lipinski definition) is 4. The van der Waals surface area contributed by atoms with Gasteiger partial charge in [-0.05, 0) is 64.9 Å². The molecule has 4 nitrogen and oxygen atoms in total. The van der Waals surface area contributed by atoms with Gasteiger partial charge < -0.3 is 9.64 Å². The molecule has 2 saturated heterocycles. The molecular formula is C27H27ClN2O2. The van der Waals surface area contributed by atoms with Gasteiger partial charge in [0.1, 0.15) is 0 Å². The largest absolute Gasteiger partial charge is 0.465 e. The van der Waals surface area contributed by atoms with Gasteiger partial charge in [-0.15, -0.1) is 0 Å². The van der Waals surface area contributed by atoms with Gasteiger partial charge in [0.25, 0.3) is 0 Å². The lowest BCUT2D eigenvalue weighted by atomic mass is 9.99. The number of hydrogen-bond donors (Lipinski definition) is 0. The zero-order valence-electron chi connectivity index (χ0n) is 18.2. The molecule has 0 saturated carbocycles. The number of fused-ring (bicyclic) bond motifs is 1. The Morgan fingerprint density at radius 1 is 0.906 bits per heavy atom. The Morgan fingerprint density at radius 2 is 1.56 bits per heavy atom. The molecule has 0 N–H and O–H groups in total. The summed E-state index contributed by atoms with van der Waals surface area (Å²) in [5.41, 5.74) is 5.65. The molecule has 2 heterocycles. The third-order valence-corrected chi connectivity index (χ3v) is 7.03. The van der Waals surface area contributed by atoms with E-state index >= 15 is 0 Å². The van der Waals surface area contributed by atoms with Crippen molar-refractivity contribution in [3.63, 3.8) is 0 Å². The molecule has 2 atom stereocenters. The summed E-state index contributed by atoms with van der Waals surface area (Å²) in [6.07, 6.45) is 0. The van der Waals surface area contributed by atoms with Crippen LogP contribution in [0, 0.1) is 11.8 Å². The first-order chi connectivity index (χ1) is 15.6. The standard InChI is InChI=1S/C27H27ClN2O2/c1-32-27(31)20-8-12-25(13-9-20)30-17-22-15-29(16-23(22)18-30)14-21-4-2-3-5-26(21)19-6-10-24(28)11-7-19/h2-13,22-23H,14-18H2,1H3/t22-,23+. The zero-order chi connectivity index (χ0) is 22.1. The van der Waals surface area contributed by atoms with E-state index in [4.69, 9.17) is 16.3 Å². The Kier molecular flexibility index (Phi) is 5.90. The minimum Gasteiger partial charge on any atom is -0.465 e. The van der Waals surface area contributed by atoms with Crippen LogP contribution in [0.4, 0.5) is 5.69 Å². The summed E-state index contributed by atoms with van der Waals surface area (Å²) < 4.78 is 4.80. The minimum absolute atomic E-state index is 0.288. The van der Waals surface area contributed by atoms with Crippen molar-refractivity contribution < 1.29 is 9.53 Å². The number of carbonyl (C=O) groups excluding carboxylic acids is 1. The number of esters is 1. The summed E-state index contributed by atoms with van der Waals surface area (Å²) in [6, 6.07) is 24.6. The second-order valence-electron chi connectivity index (χ2n) is 8.82. The number of methoxy groups -OCH3 is 1. The molecule has 0 aliphatic carbocycles. The first-order valence-corrected chi connectivity index (χ1v) is 11.5. The smallest absolute Gasteiger partial charge is 0.337 e.